The molecule has 60 heavy (non-hydrogen) atoms. The van der Waals surface area contributed by atoms with Crippen molar-refractivity contribution in [1.29, 1.82) is 5.26 Å². The number of amides is 5. The van der Waals surface area contributed by atoms with Crippen molar-refractivity contribution in [2.24, 2.45) is 10.8 Å². The Morgan fingerprint density at radius 1 is 0.883 bits per heavy atom. The molecule has 0 aromatic heterocycles. The number of rotatable bonds is 13. The summed E-state index contributed by atoms with van der Waals surface area (Å²) in [7, 11) is 0. The van der Waals surface area contributed by atoms with Gasteiger partial charge in [0.1, 0.15) is 29.7 Å². The molecule has 3 atom stereocenters. The summed E-state index contributed by atoms with van der Waals surface area (Å²) in [6.45, 7) is 16.0. The van der Waals surface area contributed by atoms with Gasteiger partial charge in [-0.3, -0.25) is 39.1 Å². The van der Waals surface area contributed by atoms with Crippen LogP contribution < -0.4 is 25.0 Å². The van der Waals surface area contributed by atoms with Gasteiger partial charge in [0.2, 0.25) is 11.8 Å². The summed E-state index contributed by atoms with van der Waals surface area (Å²) in [5.74, 6) is -1.17. The van der Waals surface area contributed by atoms with Crippen LogP contribution in [0, 0.1) is 22.2 Å². The third kappa shape index (κ3) is 8.19. The molecule has 2 saturated heterocycles. The molecule has 0 radical (unpaired) electrons. The predicted octanol–water partition coefficient (Wildman–Crippen LogP) is 6.37. The molecule has 1 saturated carbocycles. The lowest BCUT2D eigenvalue weighted by Gasteiger charge is -2.63. The third-order valence-corrected chi connectivity index (χ3v) is 13.1. The number of unbranched alkanes of at least 4 members (excludes halogenated alkanes) is 2. The second-order valence-electron chi connectivity index (χ2n) is 17.8. The van der Waals surface area contributed by atoms with Crippen LogP contribution in [0.2, 0.25) is 5.02 Å². The van der Waals surface area contributed by atoms with E-state index >= 15 is 0 Å². The number of carbonyl (C=O) groups is 5. The van der Waals surface area contributed by atoms with Crippen LogP contribution in [0.3, 0.4) is 0 Å². The van der Waals surface area contributed by atoms with Crippen LogP contribution in [-0.2, 0) is 9.59 Å². The van der Waals surface area contributed by atoms with Crippen molar-refractivity contribution in [2.45, 2.75) is 104 Å². The maximum Gasteiger partial charge on any atom is 0.262 e. The minimum absolute atomic E-state index is 0.0726. The number of hydrogen-bond acceptors (Lipinski definition) is 10. The molecule has 4 aliphatic rings. The average Bonchev–Trinajstić information content (AvgIpc) is 3.45. The Morgan fingerprint density at radius 2 is 1.55 bits per heavy atom. The van der Waals surface area contributed by atoms with Crippen LogP contribution in [-0.4, -0.2) is 95.8 Å². The second kappa shape index (κ2) is 16.9. The summed E-state index contributed by atoms with van der Waals surface area (Å²) in [5.41, 5.74) is 1.80. The zero-order valence-corrected chi connectivity index (χ0v) is 35.8. The van der Waals surface area contributed by atoms with Gasteiger partial charge in [-0.15, -0.1) is 0 Å². The summed E-state index contributed by atoms with van der Waals surface area (Å²) in [4.78, 5) is 69.5. The fraction of sp³-hybridized carbons (Fsp3) is 0.478. The molecule has 0 spiro atoms. The average molecular weight is 837 g/mol. The van der Waals surface area contributed by atoms with Crippen molar-refractivity contribution in [3.63, 3.8) is 0 Å². The maximum absolute atomic E-state index is 13.5. The lowest BCUT2D eigenvalue weighted by atomic mass is 9.49. The molecule has 3 aliphatic heterocycles. The van der Waals surface area contributed by atoms with Gasteiger partial charge < -0.3 is 19.7 Å². The highest BCUT2D eigenvalue weighted by atomic mass is 35.5. The van der Waals surface area contributed by atoms with E-state index in [9.17, 15) is 29.2 Å². The van der Waals surface area contributed by atoms with Crippen molar-refractivity contribution in [3.8, 4) is 17.6 Å². The number of carbonyl (C=O) groups excluding carboxylic acids is 5. The van der Waals surface area contributed by atoms with Crippen LogP contribution in [0.5, 0.6) is 11.5 Å². The number of imide groups is 2. The van der Waals surface area contributed by atoms with Gasteiger partial charge in [-0.2, -0.15) is 5.26 Å². The molecule has 1 aliphatic carbocycles. The lowest BCUT2D eigenvalue weighted by Crippen LogP contribution is -2.74. The minimum atomic E-state index is -1.00. The summed E-state index contributed by atoms with van der Waals surface area (Å²) >= 11 is 6.25. The van der Waals surface area contributed by atoms with Gasteiger partial charge in [0.25, 0.3) is 17.7 Å². The zero-order valence-electron chi connectivity index (χ0n) is 35.0. The smallest absolute Gasteiger partial charge is 0.262 e. The number of piperazine rings is 1. The summed E-state index contributed by atoms with van der Waals surface area (Å²) in [6.07, 6.45) is 2.79. The van der Waals surface area contributed by atoms with Gasteiger partial charge in [0, 0.05) is 65.8 Å². The second-order valence-corrected chi connectivity index (χ2v) is 18.2. The van der Waals surface area contributed by atoms with Gasteiger partial charge >= 0.3 is 0 Å². The standard InChI is InChI=1S/C46H53ClN6O7/c1-27-25-51(31-13-10-29(11-14-31)39(55)50-43-45(3,4)44(46(43,5)6)60-33-15-12-30(24-48)36(47)23-33)26-28(2)52(27)20-8-7-9-21-59-32-16-17-34-35(22-32)42(58)53(41(34)57)37-18-19-38(54)49-40(37)56/h10-17,22-23,27-28,37,43-44H,7-9,18-21,25-26H2,1-6H3,(H,50,55)(H,49,54,56)/t27-,28+,37?,43?,44?. The van der Waals surface area contributed by atoms with Gasteiger partial charge in [-0.1, -0.05) is 39.3 Å². The molecule has 3 fully saturated rings. The first-order chi connectivity index (χ1) is 28.5. The van der Waals surface area contributed by atoms with Gasteiger partial charge in [0.15, 0.2) is 0 Å². The molecule has 13 nitrogen and oxygen atoms in total. The normalized spacial score (nSPS) is 24.6. The first-order valence-electron chi connectivity index (χ1n) is 20.8. The number of nitrogens with one attached hydrogen (secondary N) is 2. The molecule has 3 aromatic rings. The summed E-state index contributed by atoms with van der Waals surface area (Å²) in [6, 6.07) is 19.3. The Labute approximate surface area is 356 Å². The monoisotopic (exact) mass is 836 g/mol. The molecule has 2 N–H and O–H groups in total. The van der Waals surface area contributed by atoms with E-state index in [0.29, 0.717) is 46.3 Å². The van der Waals surface area contributed by atoms with Crippen LogP contribution in [0.15, 0.2) is 60.7 Å². The van der Waals surface area contributed by atoms with Crippen molar-refractivity contribution in [3.05, 3.63) is 87.9 Å². The highest BCUT2D eigenvalue weighted by Gasteiger charge is 2.64. The molecule has 14 heteroatoms. The van der Waals surface area contributed by atoms with Gasteiger partial charge in [-0.25, -0.2) is 0 Å². The third-order valence-electron chi connectivity index (χ3n) is 12.8. The van der Waals surface area contributed by atoms with Crippen molar-refractivity contribution in [1.82, 2.24) is 20.4 Å². The van der Waals surface area contributed by atoms with Crippen molar-refractivity contribution < 1.29 is 33.4 Å². The number of ether oxygens (including phenoxy) is 2. The maximum atomic E-state index is 13.5. The largest absolute Gasteiger partial charge is 0.494 e. The number of hydrogen-bond donors (Lipinski definition) is 2. The van der Waals surface area contributed by atoms with E-state index in [1.54, 1.807) is 36.4 Å². The van der Waals surface area contributed by atoms with E-state index in [0.717, 1.165) is 49.5 Å². The number of fused-ring (bicyclic) bond motifs is 1. The SMILES string of the molecule is C[C@@H]1CN(c2ccc(C(=O)NC3C(C)(C)C(Oc4ccc(C#N)c(Cl)c4)C3(C)C)cc2)C[C@H](C)N1CCCCCOc1ccc2c(c1)C(=O)N(C1CCC(=O)NC1=O)C2=O. The number of nitrogens with zero attached hydrogens (tertiary/aromatic N) is 4. The molecule has 7 rings (SSSR count). The van der Waals surface area contributed by atoms with Crippen LogP contribution in [0.25, 0.3) is 0 Å². The summed E-state index contributed by atoms with van der Waals surface area (Å²) < 4.78 is 12.3. The highest BCUT2D eigenvalue weighted by Crippen LogP contribution is 2.55. The Hall–Kier alpha value is -5.45. The fourth-order valence-corrected chi connectivity index (χ4v) is 10.2. The van der Waals surface area contributed by atoms with E-state index in [1.165, 1.54) is 0 Å². The van der Waals surface area contributed by atoms with E-state index in [2.05, 4.69) is 68.0 Å². The molecule has 3 heterocycles. The molecule has 1 unspecified atom stereocenters. The van der Waals surface area contributed by atoms with E-state index in [1.807, 2.05) is 24.3 Å². The quantitative estimate of drug-likeness (QED) is 0.146. The van der Waals surface area contributed by atoms with Crippen molar-refractivity contribution >= 4 is 46.8 Å². The Balaban J connectivity index is 0.841. The van der Waals surface area contributed by atoms with E-state index < -0.39 is 29.7 Å². The molecule has 316 valence electrons. The number of nitriles is 1. The topological polar surface area (TPSA) is 161 Å². The molecule has 5 amide bonds. The molecule has 0 bridgehead atoms. The number of halogens is 1. The number of anilines is 1. The van der Waals surface area contributed by atoms with Crippen LogP contribution in [0.4, 0.5) is 5.69 Å². The molecular formula is C46H53ClN6O7. The van der Waals surface area contributed by atoms with Crippen molar-refractivity contribution in [2.75, 3.05) is 31.1 Å². The first kappa shape index (κ1) is 42.7. The van der Waals surface area contributed by atoms with Crippen LogP contribution >= 0.6 is 11.6 Å². The Morgan fingerprint density at radius 3 is 2.20 bits per heavy atom. The summed E-state index contributed by atoms with van der Waals surface area (Å²) in [5, 5.41) is 15.1. The lowest BCUT2D eigenvalue weighted by molar-refractivity contribution is -0.164. The molecule has 3 aromatic carbocycles. The zero-order chi connectivity index (χ0) is 43.1. The fourth-order valence-electron chi connectivity index (χ4n) is 9.95. The minimum Gasteiger partial charge on any atom is -0.494 e. The molecular weight excluding hydrogens is 784 g/mol. The Bertz CT molecular complexity index is 2210. The van der Waals surface area contributed by atoms with Gasteiger partial charge in [0.05, 0.1) is 28.3 Å². The van der Waals surface area contributed by atoms with Gasteiger partial charge in [-0.05, 0) is 101 Å². The number of benzene rings is 3. The van der Waals surface area contributed by atoms with Crippen LogP contribution in [0.1, 0.15) is 110 Å². The first-order valence-corrected chi connectivity index (χ1v) is 21.2. The number of piperidine rings is 1. The highest BCUT2D eigenvalue weighted by molar-refractivity contribution is 6.31. The Kier molecular flexibility index (Phi) is 12.0. The predicted molar refractivity (Wildman–Crippen MR) is 226 cm³/mol. The van der Waals surface area contributed by atoms with E-state index in [4.69, 9.17) is 21.1 Å². The van der Waals surface area contributed by atoms with E-state index in [-0.39, 0.29) is 52.9 Å².